The molecule has 0 rings (SSSR count). The van der Waals surface area contributed by atoms with E-state index in [1.165, 1.54) is 0 Å². The highest BCUT2D eigenvalue weighted by atomic mass is 32.3. The predicted octanol–water partition coefficient (Wildman–Crippen LogP) is 2.11. The van der Waals surface area contributed by atoms with Crippen LogP contribution in [0.5, 0.6) is 0 Å². The van der Waals surface area contributed by atoms with Crippen LogP contribution < -0.4 is 0 Å². The third-order valence-corrected chi connectivity index (χ3v) is 3.35. The lowest BCUT2D eigenvalue weighted by Crippen LogP contribution is -1.95. The van der Waals surface area contributed by atoms with Gasteiger partial charge >= 0.3 is 0 Å². The van der Waals surface area contributed by atoms with Crippen LogP contribution in [0.4, 0.5) is 0 Å². The molecule has 0 amide bonds. The van der Waals surface area contributed by atoms with Gasteiger partial charge in [0.2, 0.25) is 0 Å². The molecule has 0 fully saturated rings. The van der Waals surface area contributed by atoms with Gasteiger partial charge in [0.15, 0.2) is 0 Å². The van der Waals surface area contributed by atoms with Crippen LogP contribution in [0.1, 0.15) is 6.42 Å². The zero-order valence-electron chi connectivity index (χ0n) is 6.05. The standard InChI is InChI=1S/C7H13NS/c1-4-9(2,3)7-5-6-8/h4H,1,5,7H2,2-3H3. The maximum atomic E-state index is 8.25. The summed E-state index contributed by atoms with van der Waals surface area (Å²) in [6.07, 6.45) is 4.99. The Labute approximate surface area is 58.7 Å². The van der Waals surface area contributed by atoms with Crippen LogP contribution in [-0.2, 0) is 0 Å². The highest BCUT2D eigenvalue weighted by molar-refractivity contribution is 8.35. The molecule has 0 bridgehead atoms. The first-order chi connectivity index (χ1) is 4.12. The van der Waals surface area contributed by atoms with Crippen LogP contribution in [0.2, 0.25) is 0 Å². The molecule has 0 radical (unpaired) electrons. The van der Waals surface area contributed by atoms with Gasteiger partial charge in [0.25, 0.3) is 0 Å². The molecule has 0 aromatic carbocycles. The maximum Gasteiger partial charge on any atom is 0.0629 e. The first-order valence-electron chi connectivity index (χ1n) is 2.83. The molecule has 2 heteroatoms. The summed E-state index contributed by atoms with van der Waals surface area (Å²) in [5.41, 5.74) is 0. The SMILES string of the molecule is C=CS(C)(C)CCC#N. The molecule has 52 valence electrons. The minimum atomic E-state index is -0.640. The van der Waals surface area contributed by atoms with E-state index in [2.05, 4.69) is 25.2 Å². The van der Waals surface area contributed by atoms with Gasteiger partial charge in [-0.1, -0.05) is 12.0 Å². The average Bonchev–Trinajstić information content (AvgIpc) is 1.84. The fraction of sp³-hybridized carbons (Fsp3) is 0.571. The van der Waals surface area contributed by atoms with Gasteiger partial charge in [-0.15, -0.1) is 0 Å². The Morgan fingerprint density at radius 3 is 2.56 bits per heavy atom. The molecule has 1 nitrogen and oxygen atoms in total. The molecule has 0 atom stereocenters. The van der Waals surface area contributed by atoms with E-state index in [-0.39, 0.29) is 0 Å². The molecule has 0 aromatic heterocycles. The third kappa shape index (κ3) is 4.11. The lowest BCUT2D eigenvalue weighted by atomic mass is 10.6. The van der Waals surface area contributed by atoms with Crippen LogP contribution >= 0.6 is 10.0 Å². The Hall–Kier alpha value is -0.420. The molecule has 0 aliphatic rings. The fourth-order valence-corrected chi connectivity index (χ4v) is 1.18. The Morgan fingerprint density at radius 1 is 1.67 bits per heavy atom. The lowest BCUT2D eigenvalue weighted by molar-refractivity contribution is 1.23. The van der Waals surface area contributed by atoms with Gasteiger partial charge in [0.05, 0.1) is 6.07 Å². The van der Waals surface area contributed by atoms with Crippen molar-refractivity contribution < 1.29 is 0 Å². The summed E-state index contributed by atoms with van der Waals surface area (Å²) in [5.74, 6) is 0.993. The van der Waals surface area contributed by atoms with Gasteiger partial charge in [-0.3, -0.25) is 0 Å². The monoisotopic (exact) mass is 143 g/mol. The number of rotatable bonds is 3. The number of hydrogen-bond acceptors (Lipinski definition) is 1. The van der Waals surface area contributed by atoms with Crippen LogP contribution in [-0.4, -0.2) is 18.3 Å². The zero-order chi connectivity index (χ0) is 7.33. The first kappa shape index (κ1) is 8.58. The fourth-order valence-electron chi connectivity index (χ4n) is 0.392. The molecule has 0 spiro atoms. The normalized spacial score (nSPS) is 12.1. The smallest absolute Gasteiger partial charge is 0.0629 e. The van der Waals surface area contributed by atoms with Crippen molar-refractivity contribution in [3.05, 3.63) is 12.0 Å². The second-order valence-corrected chi connectivity index (χ2v) is 6.39. The Kier molecular flexibility index (Phi) is 3.41. The van der Waals surface area contributed by atoms with Gasteiger partial charge in [-0.2, -0.15) is 5.26 Å². The Bertz CT molecular complexity index is 132. The van der Waals surface area contributed by atoms with Crippen molar-refractivity contribution in [2.45, 2.75) is 6.42 Å². The summed E-state index contributed by atoms with van der Waals surface area (Å²) >= 11 is 0. The van der Waals surface area contributed by atoms with Gasteiger partial charge in [-0.05, 0) is 18.3 Å². The van der Waals surface area contributed by atoms with Gasteiger partial charge < -0.3 is 0 Å². The Morgan fingerprint density at radius 2 is 2.22 bits per heavy atom. The summed E-state index contributed by atoms with van der Waals surface area (Å²) in [6.45, 7) is 3.71. The molecule has 0 saturated heterocycles. The molecule has 0 saturated carbocycles. The predicted molar refractivity (Wildman–Crippen MR) is 44.7 cm³/mol. The van der Waals surface area contributed by atoms with E-state index >= 15 is 0 Å². The van der Waals surface area contributed by atoms with E-state index in [1.807, 2.05) is 5.41 Å². The van der Waals surface area contributed by atoms with Crippen molar-refractivity contribution >= 4 is 10.0 Å². The minimum Gasteiger partial charge on any atom is -0.227 e. The number of nitriles is 1. The molecule has 9 heavy (non-hydrogen) atoms. The summed E-state index contributed by atoms with van der Waals surface area (Å²) < 4.78 is 0. The van der Waals surface area contributed by atoms with Crippen molar-refractivity contribution in [3.63, 3.8) is 0 Å². The minimum absolute atomic E-state index is 0.640. The molecule has 0 unspecified atom stereocenters. The average molecular weight is 143 g/mol. The molecular formula is C7H13NS. The molecule has 0 heterocycles. The van der Waals surface area contributed by atoms with E-state index in [4.69, 9.17) is 5.26 Å². The van der Waals surface area contributed by atoms with Crippen LogP contribution in [0, 0.1) is 11.3 Å². The Balaban J connectivity index is 3.61. The van der Waals surface area contributed by atoms with E-state index in [0.717, 1.165) is 5.75 Å². The first-order valence-corrected chi connectivity index (χ1v) is 5.51. The largest absolute Gasteiger partial charge is 0.227 e. The van der Waals surface area contributed by atoms with E-state index in [1.54, 1.807) is 0 Å². The molecule has 0 aliphatic heterocycles. The second-order valence-electron chi connectivity index (χ2n) is 2.40. The van der Waals surface area contributed by atoms with Crippen molar-refractivity contribution in [2.24, 2.45) is 0 Å². The van der Waals surface area contributed by atoms with Gasteiger partial charge in [-0.25, -0.2) is 10.0 Å². The highest BCUT2D eigenvalue weighted by Gasteiger charge is 2.03. The summed E-state index contributed by atoms with van der Waals surface area (Å²) in [6, 6.07) is 2.13. The molecule has 0 aliphatic carbocycles. The van der Waals surface area contributed by atoms with Crippen molar-refractivity contribution in [1.29, 1.82) is 5.26 Å². The van der Waals surface area contributed by atoms with Crippen molar-refractivity contribution in [1.82, 2.24) is 0 Å². The third-order valence-electron chi connectivity index (χ3n) is 1.19. The van der Waals surface area contributed by atoms with Crippen molar-refractivity contribution in [2.75, 3.05) is 18.3 Å². The highest BCUT2D eigenvalue weighted by Crippen LogP contribution is 2.40. The summed E-state index contributed by atoms with van der Waals surface area (Å²) in [4.78, 5) is 0. The number of nitrogens with zero attached hydrogens (tertiary/aromatic N) is 1. The molecule has 0 N–H and O–H groups in total. The lowest BCUT2D eigenvalue weighted by Gasteiger charge is -2.24. The van der Waals surface area contributed by atoms with Gasteiger partial charge in [0.1, 0.15) is 0 Å². The van der Waals surface area contributed by atoms with Gasteiger partial charge in [0, 0.05) is 6.42 Å². The van der Waals surface area contributed by atoms with Crippen LogP contribution in [0.25, 0.3) is 0 Å². The maximum absolute atomic E-state index is 8.25. The van der Waals surface area contributed by atoms with Crippen molar-refractivity contribution in [3.8, 4) is 6.07 Å². The quantitative estimate of drug-likeness (QED) is 0.593. The second kappa shape index (κ2) is 3.58. The summed E-state index contributed by atoms with van der Waals surface area (Å²) in [5, 5.41) is 10.2. The molecule has 0 aromatic rings. The van der Waals surface area contributed by atoms with E-state index in [0.29, 0.717) is 6.42 Å². The van der Waals surface area contributed by atoms with Crippen LogP contribution in [0.3, 0.4) is 0 Å². The summed E-state index contributed by atoms with van der Waals surface area (Å²) in [7, 11) is -0.640. The number of hydrogen-bond donors (Lipinski definition) is 0. The zero-order valence-corrected chi connectivity index (χ0v) is 6.87. The topological polar surface area (TPSA) is 23.8 Å². The van der Waals surface area contributed by atoms with E-state index in [9.17, 15) is 0 Å². The van der Waals surface area contributed by atoms with E-state index < -0.39 is 10.0 Å². The van der Waals surface area contributed by atoms with Crippen LogP contribution in [0.15, 0.2) is 12.0 Å². The molecular weight excluding hydrogens is 130 g/mol.